The van der Waals surface area contributed by atoms with E-state index in [1.54, 1.807) is 0 Å². The summed E-state index contributed by atoms with van der Waals surface area (Å²) in [6, 6.07) is 4.39. The molecule has 2 aromatic rings. The first-order valence-electron chi connectivity index (χ1n) is 11.0. The summed E-state index contributed by atoms with van der Waals surface area (Å²) < 4.78 is 103. The number of carbonyl (C=O) groups excluding carboxylic acids is 2. The first-order chi connectivity index (χ1) is 17.6. The fourth-order valence-corrected chi connectivity index (χ4v) is 3.41. The van der Waals surface area contributed by atoms with Gasteiger partial charge in [0.2, 0.25) is 5.91 Å². The lowest BCUT2D eigenvalue weighted by atomic mass is 10.1. The van der Waals surface area contributed by atoms with E-state index in [0.717, 1.165) is 11.0 Å². The number of benzene rings is 2. The first kappa shape index (κ1) is 28.8. The molecule has 3 rings (SSSR count). The molecule has 0 unspecified atom stereocenters. The number of nitrogens with zero attached hydrogens (tertiary/aromatic N) is 1. The van der Waals surface area contributed by atoms with Crippen molar-refractivity contribution in [3.05, 3.63) is 53.3 Å². The summed E-state index contributed by atoms with van der Waals surface area (Å²) in [4.78, 5) is 24.2. The van der Waals surface area contributed by atoms with Gasteiger partial charge in [-0.3, -0.25) is 9.69 Å². The summed E-state index contributed by atoms with van der Waals surface area (Å²) in [6.07, 6.45) is -12.9. The molecule has 0 spiro atoms. The fraction of sp³-hybridized carbons (Fsp3) is 0.391. The Labute approximate surface area is 211 Å². The van der Waals surface area contributed by atoms with Gasteiger partial charge in [-0.15, -0.1) is 0 Å². The predicted molar refractivity (Wildman–Crippen MR) is 119 cm³/mol. The Bertz CT molecular complexity index is 1140. The summed E-state index contributed by atoms with van der Waals surface area (Å²) in [5, 5.41) is 14.8. The molecule has 2 atom stereocenters. The van der Waals surface area contributed by atoms with Crippen molar-refractivity contribution in [2.24, 2.45) is 0 Å². The molecule has 8 nitrogen and oxygen atoms in total. The zero-order chi connectivity index (χ0) is 28.3. The van der Waals surface area contributed by atoms with Crippen molar-refractivity contribution >= 4 is 23.4 Å². The van der Waals surface area contributed by atoms with Crippen LogP contribution in [-0.2, 0) is 21.9 Å². The quantitative estimate of drug-likeness (QED) is 0.403. The number of anilines is 2. The molecule has 0 bridgehead atoms. The van der Waals surface area contributed by atoms with Crippen molar-refractivity contribution in [2.75, 3.05) is 36.5 Å². The highest BCUT2D eigenvalue weighted by Crippen LogP contribution is 2.37. The minimum absolute atomic E-state index is 0.0256. The molecule has 0 radical (unpaired) electrons. The number of alkyl halides is 6. The highest BCUT2D eigenvalue weighted by molar-refractivity contribution is 5.90. The molecule has 1 fully saturated rings. The number of carbonyl (C=O) groups is 2. The van der Waals surface area contributed by atoms with Gasteiger partial charge in [-0.1, -0.05) is 0 Å². The van der Waals surface area contributed by atoms with Crippen molar-refractivity contribution < 1.29 is 54.9 Å². The summed E-state index contributed by atoms with van der Waals surface area (Å²) in [6.45, 7) is 0.358. The smallest absolute Gasteiger partial charge is 0.416 e. The van der Waals surface area contributed by atoms with Crippen molar-refractivity contribution in [1.29, 1.82) is 0 Å². The summed E-state index contributed by atoms with van der Waals surface area (Å²) in [5.74, 6) is -1.55. The van der Waals surface area contributed by atoms with Crippen molar-refractivity contribution in [1.82, 2.24) is 5.32 Å². The van der Waals surface area contributed by atoms with E-state index in [1.807, 2.05) is 0 Å². The Morgan fingerprint density at radius 3 is 2.32 bits per heavy atom. The third-order valence-corrected chi connectivity index (χ3v) is 5.24. The Morgan fingerprint density at radius 1 is 1.13 bits per heavy atom. The van der Waals surface area contributed by atoms with E-state index in [4.69, 9.17) is 9.47 Å². The molecule has 15 heteroatoms. The van der Waals surface area contributed by atoms with Crippen molar-refractivity contribution in [3.63, 3.8) is 0 Å². The van der Waals surface area contributed by atoms with Crippen LogP contribution in [0, 0.1) is 5.82 Å². The number of nitrogens with one attached hydrogen (secondary N) is 2. The highest BCUT2D eigenvalue weighted by Gasteiger charge is 2.37. The Kier molecular flexibility index (Phi) is 8.59. The molecular formula is C23H22F7N3O5. The topological polar surface area (TPSA) is 100 Å². The van der Waals surface area contributed by atoms with Gasteiger partial charge in [0.1, 0.15) is 18.8 Å². The summed E-state index contributed by atoms with van der Waals surface area (Å²) in [5.41, 5.74) is -3.44. The SMILES string of the molecule is CC(=O)NC[C@H]1CN(c2ccc(OC[C@@H](O)CNc3cc(C(F)(F)F)cc(C(F)(F)F)c3)c(F)c2)C(=O)O1. The number of aliphatic hydroxyl groups is 1. The van der Waals surface area contributed by atoms with Crippen LogP contribution in [0.25, 0.3) is 0 Å². The van der Waals surface area contributed by atoms with Crippen LogP contribution >= 0.6 is 0 Å². The van der Waals surface area contributed by atoms with Crippen LogP contribution in [0.3, 0.4) is 0 Å². The van der Waals surface area contributed by atoms with Gasteiger partial charge in [-0.2, -0.15) is 26.3 Å². The zero-order valence-corrected chi connectivity index (χ0v) is 19.6. The second-order valence-electron chi connectivity index (χ2n) is 8.31. The molecule has 0 aliphatic carbocycles. The lowest BCUT2D eigenvalue weighted by molar-refractivity contribution is -0.143. The molecule has 0 saturated carbocycles. The van der Waals surface area contributed by atoms with Gasteiger partial charge >= 0.3 is 18.4 Å². The van der Waals surface area contributed by atoms with Crippen LogP contribution in [-0.4, -0.2) is 55.6 Å². The number of halogens is 7. The monoisotopic (exact) mass is 553 g/mol. The lowest BCUT2D eigenvalue weighted by Crippen LogP contribution is -2.33. The van der Waals surface area contributed by atoms with Crippen LogP contribution in [0.1, 0.15) is 18.1 Å². The highest BCUT2D eigenvalue weighted by atomic mass is 19.4. The Hall–Kier alpha value is -3.75. The van der Waals surface area contributed by atoms with E-state index >= 15 is 0 Å². The normalized spacial score (nSPS) is 16.7. The van der Waals surface area contributed by atoms with Crippen molar-refractivity contribution in [2.45, 2.75) is 31.5 Å². The first-order valence-corrected chi connectivity index (χ1v) is 11.0. The van der Waals surface area contributed by atoms with Gasteiger partial charge in [0.05, 0.1) is 29.9 Å². The van der Waals surface area contributed by atoms with Gasteiger partial charge in [0.15, 0.2) is 11.6 Å². The molecule has 1 aliphatic heterocycles. The number of amides is 2. The fourth-order valence-electron chi connectivity index (χ4n) is 3.41. The average molecular weight is 553 g/mol. The molecule has 1 saturated heterocycles. The molecular weight excluding hydrogens is 531 g/mol. The van der Waals surface area contributed by atoms with E-state index in [0.29, 0.717) is 12.1 Å². The standard InChI is InChI=1S/C23H22F7N3O5/c1-12(34)31-9-18-10-33(21(36)38-18)16-2-3-20(19(24)7-16)37-11-17(35)8-32-15-5-13(22(25,26)27)4-14(6-15)23(28,29)30/h2-7,17-18,32,35H,8-11H2,1H3,(H,31,34)/t17-,18-/m0/s1. The van der Waals surface area contributed by atoms with Gasteiger partial charge in [0, 0.05) is 25.2 Å². The average Bonchev–Trinajstić information content (AvgIpc) is 3.19. The molecule has 3 N–H and O–H groups in total. The minimum Gasteiger partial charge on any atom is -0.488 e. The largest absolute Gasteiger partial charge is 0.488 e. The third-order valence-electron chi connectivity index (χ3n) is 5.24. The van der Waals surface area contributed by atoms with Crippen molar-refractivity contribution in [3.8, 4) is 5.75 Å². The van der Waals surface area contributed by atoms with E-state index in [-0.39, 0.29) is 36.5 Å². The number of hydrogen-bond donors (Lipinski definition) is 3. The molecule has 2 aromatic carbocycles. The Morgan fingerprint density at radius 2 is 1.76 bits per heavy atom. The second kappa shape index (κ2) is 11.3. The van der Waals surface area contributed by atoms with Crippen LogP contribution in [0.4, 0.5) is 46.9 Å². The van der Waals surface area contributed by atoms with E-state index in [9.17, 15) is 45.4 Å². The number of cyclic esters (lactones) is 1. The predicted octanol–water partition coefficient (Wildman–Crippen LogP) is 4.18. The van der Waals surface area contributed by atoms with Crippen LogP contribution in [0.15, 0.2) is 36.4 Å². The number of rotatable bonds is 9. The molecule has 1 heterocycles. The van der Waals surface area contributed by atoms with Crippen LogP contribution in [0.2, 0.25) is 0 Å². The molecule has 38 heavy (non-hydrogen) atoms. The third kappa shape index (κ3) is 7.63. The lowest BCUT2D eigenvalue weighted by Gasteiger charge is -2.18. The van der Waals surface area contributed by atoms with Gasteiger partial charge in [-0.25, -0.2) is 9.18 Å². The maximum atomic E-state index is 14.5. The number of hydrogen-bond acceptors (Lipinski definition) is 6. The molecule has 208 valence electrons. The van der Waals surface area contributed by atoms with Gasteiger partial charge < -0.3 is 25.2 Å². The molecule has 0 aromatic heterocycles. The zero-order valence-electron chi connectivity index (χ0n) is 19.6. The maximum Gasteiger partial charge on any atom is 0.416 e. The van der Waals surface area contributed by atoms with E-state index < -0.39 is 66.4 Å². The number of aliphatic hydroxyl groups excluding tert-OH is 1. The van der Waals surface area contributed by atoms with E-state index in [1.165, 1.54) is 19.1 Å². The maximum absolute atomic E-state index is 14.5. The second-order valence-corrected chi connectivity index (χ2v) is 8.31. The molecule has 1 aliphatic rings. The van der Waals surface area contributed by atoms with Gasteiger partial charge in [0.25, 0.3) is 0 Å². The number of ether oxygens (including phenoxy) is 2. The van der Waals surface area contributed by atoms with Crippen LogP contribution in [0.5, 0.6) is 5.75 Å². The minimum atomic E-state index is -5.03. The Balaban J connectivity index is 1.58. The van der Waals surface area contributed by atoms with E-state index in [2.05, 4.69) is 10.6 Å². The summed E-state index contributed by atoms with van der Waals surface area (Å²) in [7, 11) is 0. The van der Waals surface area contributed by atoms with Crippen LogP contribution < -0.4 is 20.3 Å². The molecule has 2 amide bonds. The van der Waals surface area contributed by atoms with Gasteiger partial charge in [-0.05, 0) is 30.3 Å². The summed E-state index contributed by atoms with van der Waals surface area (Å²) >= 11 is 0.